The summed E-state index contributed by atoms with van der Waals surface area (Å²) in [6.07, 6.45) is -5.74. The number of carbonyl (C=O) groups is 1. The van der Waals surface area contributed by atoms with Crippen molar-refractivity contribution >= 4 is 5.91 Å². The number of H-pyrrole nitrogens is 1. The van der Waals surface area contributed by atoms with Crippen molar-refractivity contribution in [2.45, 2.75) is 32.0 Å². The maximum atomic E-state index is 12.7. The van der Waals surface area contributed by atoms with Crippen LogP contribution < -0.4 is 5.32 Å². The van der Waals surface area contributed by atoms with Gasteiger partial charge in [-0.05, 0) is 29.7 Å². The Bertz CT molecular complexity index is 711. The molecule has 2 aromatic rings. The van der Waals surface area contributed by atoms with E-state index < -0.39 is 23.8 Å². The van der Waals surface area contributed by atoms with E-state index in [0.717, 1.165) is 17.8 Å². The lowest BCUT2D eigenvalue weighted by Gasteiger charge is -2.14. The Kier molecular flexibility index (Phi) is 5.28. The Morgan fingerprint density at radius 1 is 1.33 bits per heavy atom. The van der Waals surface area contributed by atoms with Crippen molar-refractivity contribution in [1.29, 1.82) is 0 Å². The van der Waals surface area contributed by atoms with E-state index in [0.29, 0.717) is 0 Å². The van der Waals surface area contributed by atoms with Crippen molar-refractivity contribution in [2.75, 3.05) is 6.54 Å². The van der Waals surface area contributed by atoms with E-state index >= 15 is 0 Å². The molecule has 1 unspecified atom stereocenters. The Balaban J connectivity index is 1.99. The fourth-order valence-electron chi connectivity index (χ4n) is 2.07. The standard InChI is InChI=1S/C16H18F3N3O2/c1-9(2)12-7-13(22-21-12)15(24)20-8-14(23)10-4-3-5-11(6-10)16(17,18)19/h3-7,9,14,23H,8H2,1-2H3,(H,20,24)(H,21,22). The monoisotopic (exact) mass is 341 g/mol. The number of nitrogens with zero attached hydrogens (tertiary/aromatic N) is 1. The molecule has 0 saturated carbocycles. The zero-order valence-corrected chi connectivity index (χ0v) is 13.2. The van der Waals surface area contributed by atoms with Crippen LogP contribution in [-0.4, -0.2) is 27.8 Å². The molecule has 1 heterocycles. The van der Waals surface area contributed by atoms with Gasteiger partial charge in [0, 0.05) is 12.2 Å². The summed E-state index contributed by atoms with van der Waals surface area (Å²) in [6, 6.07) is 5.97. The Labute approximate surface area is 136 Å². The number of halogens is 3. The minimum atomic E-state index is -4.48. The lowest BCUT2D eigenvalue weighted by molar-refractivity contribution is -0.137. The average molecular weight is 341 g/mol. The topological polar surface area (TPSA) is 78.0 Å². The molecule has 0 radical (unpaired) electrons. The number of aliphatic hydroxyl groups is 1. The zero-order valence-electron chi connectivity index (χ0n) is 13.2. The normalized spacial score (nSPS) is 13.1. The highest BCUT2D eigenvalue weighted by molar-refractivity contribution is 5.92. The first-order valence-electron chi connectivity index (χ1n) is 7.37. The SMILES string of the molecule is CC(C)c1cc(C(=O)NCC(O)c2cccc(C(F)(F)F)c2)n[nH]1. The van der Waals surface area contributed by atoms with Crippen molar-refractivity contribution in [3.63, 3.8) is 0 Å². The molecule has 0 aliphatic carbocycles. The highest BCUT2D eigenvalue weighted by Gasteiger charge is 2.30. The summed E-state index contributed by atoms with van der Waals surface area (Å²) >= 11 is 0. The summed E-state index contributed by atoms with van der Waals surface area (Å²) in [6.45, 7) is 3.66. The molecule has 1 amide bonds. The molecule has 5 nitrogen and oxygen atoms in total. The van der Waals surface area contributed by atoms with Crippen LogP contribution >= 0.6 is 0 Å². The van der Waals surface area contributed by atoms with E-state index in [1.54, 1.807) is 6.07 Å². The van der Waals surface area contributed by atoms with Crippen LogP contribution in [0.25, 0.3) is 0 Å². The van der Waals surface area contributed by atoms with Gasteiger partial charge in [-0.25, -0.2) is 0 Å². The highest BCUT2D eigenvalue weighted by Crippen LogP contribution is 2.30. The van der Waals surface area contributed by atoms with Crippen LogP contribution in [0.3, 0.4) is 0 Å². The van der Waals surface area contributed by atoms with E-state index in [1.807, 2.05) is 13.8 Å². The molecule has 0 spiro atoms. The van der Waals surface area contributed by atoms with E-state index in [2.05, 4.69) is 15.5 Å². The molecule has 8 heteroatoms. The van der Waals surface area contributed by atoms with Crippen LogP contribution in [0.15, 0.2) is 30.3 Å². The fraction of sp³-hybridized carbons (Fsp3) is 0.375. The first-order chi connectivity index (χ1) is 11.2. The van der Waals surface area contributed by atoms with Crippen LogP contribution in [0.5, 0.6) is 0 Å². The Hall–Kier alpha value is -2.35. The number of aromatic amines is 1. The molecule has 0 bridgehead atoms. The number of benzene rings is 1. The average Bonchev–Trinajstić information content (AvgIpc) is 3.02. The maximum Gasteiger partial charge on any atom is 0.416 e. The number of amides is 1. The van der Waals surface area contributed by atoms with Crippen LogP contribution in [0, 0.1) is 0 Å². The summed E-state index contributed by atoms with van der Waals surface area (Å²) < 4.78 is 38.0. The van der Waals surface area contributed by atoms with Gasteiger partial charge in [-0.15, -0.1) is 0 Å². The smallest absolute Gasteiger partial charge is 0.387 e. The molecule has 130 valence electrons. The summed E-state index contributed by atoms with van der Waals surface area (Å²) in [5, 5.41) is 19.0. The van der Waals surface area contributed by atoms with Crippen molar-refractivity contribution in [2.24, 2.45) is 0 Å². The molecule has 0 saturated heterocycles. The molecule has 0 aliphatic heterocycles. The summed E-state index contributed by atoms with van der Waals surface area (Å²) in [4.78, 5) is 12.0. The van der Waals surface area contributed by atoms with Crippen LogP contribution in [0.1, 0.15) is 53.2 Å². The zero-order chi connectivity index (χ0) is 17.9. The predicted octanol–water partition coefficient (Wildman–Crippen LogP) is 3.02. The van der Waals surface area contributed by atoms with E-state index in [1.165, 1.54) is 12.1 Å². The van der Waals surface area contributed by atoms with Gasteiger partial charge in [-0.1, -0.05) is 26.0 Å². The van der Waals surface area contributed by atoms with Crippen molar-refractivity contribution in [3.8, 4) is 0 Å². The van der Waals surface area contributed by atoms with E-state index in [-0.39, 0.29) is 23.7 Å². The van der Waals surface area contributed by atoms with Crippen LogP contribution in [0.2, 0.25) is 0 Å². The number of alkyl halides is 3. The number of carbonyl (C=O) groups excluding carboxylic acids is 1. The first-order valence-corrected chi connectivity index (χ1v) is 7.37. The largest absolute Gasteiger partial charge is 0.416 e. The van der Waals surface area contributed by atoms with Gasteiger partial charge in [0.2, 0.25) is 0 Å². The van der Waals surface area contributed by atoms with Crippen LogP contribution in [0.4, 0.5) is 13.2 Å². The number of aromatic nitrogens is 2. The molecule has 3 N–H and O–H groups in total. The molecular formula is C16H18F3N3O2. The van der Waals surface area contributed by atoms with Gasteiger partial charge in [-0.3, -0.25) is 9.89 Å². The van der Waals surface area contributed by atoms with Gasteiger partial charge in [0.25, 0.3) is 5.91 Å². The number of aliphatic hydroxyl groups excluding tert-OH is 1. The van der Waals surface area contributed by atoms with Crippen molar-refractivity contribution in [1.82, 2.24) is 15.5 Å². The second-order valence-electron chi connectivity index (χ2n) is 5.71. The van der Waals surface area contributed by atoms with Gasteiger partial charge in [-0.2, -0.15) is 18.3 Å². The molecule has 1 atom stereocenters. The van der Waals surface area contributed by atoms with Gasteiger partial charge in [0.05, 0.1) is 11.7 Å². The molecule has 24 heavy (non-hydrogen) atoms. The molecule has 1 aromatic heterocycles. The molecule has 2 rings (SSSR count). The van der Waals surface area contributed by atoms with Gasteiger partial charge >= 0.3 is 6.18 Å². The number of nitrogens with one attached hydrogen (secondary N) is 2. The minimum Gasteiger partial charge on any atom is -0.387 e. The number of hydrogen-bond acceptors (Lipinski definition) is 3. The molecular weight excluding hydrogens is 323 g/mol. The highest BCUT2D eigenvalue weighted by atomic mass is 19.4. The maximum absolute atomic E-state index is 12.7. The predicted molar refractivity (Wildman–Crippen MR) is 81.4 cm³/mol. The van der Waals surface area contributed by atoms with E-state index in [4.69, 9.17) is 0 Å². The lowest BCUT2D eigenvalue weighted by Crippen LogP contribution is -2.28. The van der Waals surface area contributed by atoms with Gasteiger partial charge in [0.1, 0.15) is 5.69 Å². The second-order valence-corrected chi connectivity index (χ2v) is 5.71. The Morgan fingerprint density at radius 3 is 2.62 bits per heavy atom. The summed E-state index contributed by atoms with van der Waals surface area (Å²) in [5.74, 6) is -0.334. The summed E-state index contributed by atoms with van der Waals surface area (Å²) in [5.41, 5.74) is 0.183. The van der Waals surface area contributed by atoms with Gasteiger partial charge in [0.15, 0.2) is 0 Å². The minimum absolute atomic E-state index is 0.0787. The number of hydrogen-bond donors (Lipinski definition) is 3. The van der Waals surface area contributed by atoms with E-state index in [9.17, 15) is 23.1 Å². The molecule has 0 aliphatic rings. The van der Waals surface area contributed by atoms with Crippen molar-refractivity contribution < 1.29 is 23.1 Å². The lowest BCUT2D eigenvalue weighted by atomic mass is 10.1. The third-order valence-electron chi connectivity index (χ3n) is 3.51. The number of rotatable bonds is 5. The summed E-state index contributed by atoms with van der Waals surface area (Å²) in [7, 11) is 0. The molecule has 0 fully saturated rings. The van der Waals surface area contributed by atoms with Gasteiger partial charge < -0.3 is 10.4 Å². The third-order valence-corrected chi connectivity index (χ3v) is 3.51. The third kappa shape index (κ3) is 4.35. The molecule has 1 aromatic carbocycles. The van der Waals surface area contributed by atoms with Crippen LogP contribution in [-0.2, 0) is 6.18 Å². The fourth-order valence-corrected chi connectivity index (χ4v) is 2.07. The second kappa shape index (κ2) is 7.04. The Morgan fingerprint density at radius 2 is 2.04 bits per heavy atom. The quantitative estimate of drug-likeness (QED) is 0.782. The first kappa shape index (κ1) is 18.0. The van der Waals surface area contributed by atoms with Crippen molar-refractivity contribution in [3.05, 3.63) is 52.8 Å².